The summed E-state index contributed by atoms with van der Waals surface area (Å²) in [4.78, 5) is 15.9. The number of fused-ring (bicyclic) bond motifs is 1. The van der Waals surface area contributed by atoms with E-state index >= 15 is 0 Å². The largest absolute Gasteiger partial charge is 0.462 e. The number of hydrogen-bond donors (Lipinski definition) is 1. The zero-order valence-electron chi connectivity index (χ0n) is 9.54. The number of esters is 1. The van der Waals surface area contributed by atoms with Crippen LogP contribution in [-0.4, -0.2) is 17.6 Å². The Morgan fingerprint density at radius 3 is 2.94 bits per heavy atom. The average Bonchev–Trinajstić information content (AvgIpc) is 2.30. The van der Waals surface area contributed by atoms with Crippen LogP contribution in [0.5, 0.6) is 0 Å². The lowest BCUT2D eigenvalue weighted by Crippen LogP contribution is -2.09. The lowest BCUT2D eigenvalue weighted by atomic mass is 10.1. The number of nitrogens with two attached hydrogens (primary N) is 1. The van der Waals surface area contributed by atoms with E-state index in [1.165, 1.54) is 6.20 Å². The van der Waals surface area contributed by atoms with Crippen LogP contribution in [0.15, 0.2) is 18.3 Å². The molecule has 0 fully saturated rings. The maximum atomic E-state index is 11.7. The maximum Gasteiger partial charge on any atom is 0.341 e. The summed E-state index contributed by atoms with van der Waals surface area (Å²) in [5, 5.41) is 1.18. The first-order valence-electron chi connectivity index (χ1n) is 5.25. The summed E-state index contributed by atoms with van der Waals surface area (Å²) in [6.45, 7) is 2.03. The number of carbonyl (C=O) groups is 1. The van der Waals surface area contributed by atoms with Gasteiger partial charge in [0.15, 0.2) is 0 Å². The zero-order valence-corrected chi connectivity index (χ0v) is 12.4. The summed E-state index contributed by atoms with van der Waals surface area (Å²) in [7, 11) is 0. The van der Waals surface area contributed by atoms with E-state index in [4.69, 9.17) is 22.1 Å². The Balaban J connectivity index is 2.67. The van der Waals surface area contributed by atoms with Crippen LogP contribution in [-0.2, 0) is 4.74 Å². The lowest BCUT2D eigenvalue weighted by Gasteiger charge is -2.09. The fourth-order valence-corrected chi connectivity index (χ4v) is 2.69. The molecular weight excluding hydrogens is 367 g/mol. The van der Waals surface area contributed by atoms with E-state index in [0.717, 1.165) is 3.57 Å². The molecule has 1 heterocycles. The highest BCUT2D eigenvalue weighted by Gasteiger charge is 2.15. The van der Waals surface area contributed by atoms with Crippen LogP contribution in [0, 0.1) is 3.57 Å². The third-order valence-corrected chi connectivity index (χ3v) is 3.34. The summed E-state index contributed by atoms with van der Waals surface area (Å²) >= 11 is 8.22. The molecule has 0 aliphatic carbocycles. The van der Waals surface area contributed by atoms with Gasteiger partial charge in [-0.25, -0.2) is 4.79 Å². The van der Waals surface area contributed by atoms with Gasteiger partial charge in [0.2, 0.25) is 0 Å². The number of halogens is 2. The predicted octanol–water partition coefficient (Wildman–Crippen LogP) is 3.25. The quantitative estimate of drug-likeness (QED) is 0.645. The van der Waals surface area contributed by atoms with Gasteiger partial charge in [0.05, 0.1) is 22.8 Å². The monoisotopic (exact) mass is 376 g/mol. The van der Waals surface area contributed by atoms with Crippen LogP contribution in [0.25, 0.3) is 10.9 Å². The molecule has 0 spiro atoms. The highest BCUT2D eigenvalue weighted by atomic mass is 127. The first-order chi connectivity index (χ1) is 8.54. The van der Waals surface area contributed by atoms with Crippen molar-refractivity contribution in [3.63, 3.8) is 0 Å². The fraction of sp³-hybridized carbons (Fsp3) is 0.167. The van der Waals surface area contributed by atoms with Gasteiger partial charge >= 0.3 is 5.97 Å². The first-order valence-corrected chi connectivity index (χ1v) is 6.70. The number of nitrogen functional groups attached to an aromatic ring is 1. The molecule has 94 valence electrons. The summed E-state index contributed by atoms with van der Waals surface area (Å²) in [6, 6.07) is 3.63. The number of anilines is 1. The van der Waals surface area contributed by atoms with Gasteiger partial charge in [-0.2, -0.15) is 0 Å². The molecule has 0 saturated carbocycles. The second-order valence-corrected chi connectivity index (χ2v) is 5.24. The standard InChI is InChI=1S/C12H10ClIN2O2/c1-2-18-12(17)8-5-16-11-7(10(8)15)3-6(14)4-9(11)13/h3-5H,2H2,1H3,(H2,15,16). The van der Waals surface area contributed by atoms with Crippen molar-refractivity contribution in [2.45, 2.75) is 6.92 Å². The minimum Gasteiger partial charge on any atom is -0.462 e. The van der Waals surface area contributed by atoms with Crippen LogP contribution in [0.2, 0.25) is 5.02 Å². The Bertz CT molecular complexity index is 631. The zero-order chi connectivity index (χ0) is 13.3. The van der Waals surface area contributed by atoms with Crippen molar-refractivity contribution in [1.82, 2.24) is 4.98 Å². The molecule has 2 rings (SSSR count). The van der Waals surface area contributed by atoms with Crippen molar-refractivity contribution in [2.75, 3.05) is 12.3 Å². The summed E-state index contributed by atoms with van der Waals surface area (Å²) in [5.74, 6) is -0.473. The Labute approximate surface area is 123 Å². The van der Waals surface area contributed by atoms with Crippen molar-refractivity contribution >= 4 is 56.8 Å². The first kappa shape index (κ1) is 13.4. The molecule has 0 amide bonds. The molecule has 1 aromatic carbocycles. The highest BCUT2D eigenvalue weighted by Crippen LogP contribution is 2.30. The van der Waals surface area contributed by atoms with E-state index < -0.39 is 5.97 Å². The molecule has 0 radical (unpaired) electrons. The fourth-order valence-electron chi connectivity index (χ4n) is 1.62. The Morgan fingerprint density at radius 1 is 1.56 bits per heavy atom. The van der Waals surface area contributed by atoms with Crippen molar-refractivity contribution in [3.8, 4) is 0 Å². The van der Waals surface area contributed by atoms with Gasteiger partial charge in [-0.1, -0.05) is 11.6 Å². The summed E-state index contributed by atoms with van der Waals surface area (Å²) in [6.07, 6.45) is 1.40. The van der Waals surface area contributed by atoms with Gasteiger partial charge in [-0.3, -0.25) is 4.98 Å². The number of rotatable bonds is 2. The van der Waals surface area contributed by atoms with E-state index in [2.05, 4.69) is 27.6 Å². The molecule has 0 aliphatic rings. The number of hydrogen-bond acceptors (Lipinski definition) is 4. The predicted molar refractivity (Wildman–Crippen MR) is 79.8 cm³/mol. The van der Waals surface area contributed by atoms with Crippen molar-refractivity contribution in [1.29, 1.82) is 0 Å². The number of aromatic nitrogens is 1. The van der Waals surface area contributed by atoms with Crippen molar-refractivity contribution in [3.05, 3.63) is 32.5 Å². The minimum atomic E-state index is -0.473. The molecule has 18 heavy (non-hydrogen) atoms. The molecule has 0 saturated heterocycles. The molecule has 0 bridgehead atoms. The number of nitrogens with zero attached hydrogens (tertiary/aromatic N) is 1. The van der Waals surface area contributed by atoms with E-state index in [0.29, 0.717) is 28.2 Å². The van der Waals surface area contributed by atoms with Crippen LogP contribution < -0.4 is 5.73 Å². The SMILES string of the molecule is CCOC(=O)c1cnc2c(Cl)cc(I)cc2c1N. The second kappa shape index (κ2) is 5.27. The lowest BCUT2D eigenvalue weighted by molar-refractivity contribution is 0.0527. The molecule has 2 N–H and O–H groups in total. The Morgan fingerprint density at radius 2 is 2.28 bits per heavy atom. The smallest absolute Gasteiger partial charge is 0.341 e. The van der Waals surface area contributed by atoms with Crippen LogP contribution in [0.4, 0.5) is 5.69 Å². The van der Waals surface area contributed by atoms with Gasteiger partial charge in [0.1, 0.15) is 5.56 Å². The molecule has 0 unspecified atom stereocenters. The van der Waals surface area contributed by atoms with Gasteiger partial charge < -0.3 is 10.5 Å². The Hall–Kier alpha value is -1.08. The maximum absolute atomic E-state index is 11.7. The van der Waals surface area contributed by atoms with E-state index in [1.807, 2.05) is 6.07 Å². The molecule has 0 aliphatic heterocycles. The molecular formula is C12H10ClIN2O2. The molecule has 0 atom stereocenters. The Kier molecular flexibility index (Phi) is 3.91. The van der Waals surface area contributed by atoms with Crippen molar-refractivity contribution < 1.29 is 9.53 Å². The van der Waals surface area contributed by atoms with Gasteiger partial charge in [0.25, 0.3) is 0 Å². The van der Waals surface area contributed by atoms with Crippen LogP contribution >= 0.6 is 34.2 Å². The van der Waals surface area contributed by atoms with E-state index in [-0.39, 0.29) is 5.56 Å². The molecule has 1 aromatic heterocycles. The van der Waals surface area contributed by atoms with Gasteiger partial charge in [-0.15, -0.1) is 0 Å². The number of benzene rings is 1. The van der Waals surface area contributed by atoms with E-state index in [9.17, 15) is 4.79 Å². The number of carbonyl (C=O) groups excluding carboxylic acids is 1. The van der Waals surface area contributed by atoms with Gasteiger partial charge in [0, 0.05) is 15.2 Å². The molecule has 4 nitrogen and oxygen atoms in total. The highest BCUT2D eigenvalue weighted by molar-refractivity contribution is 14.1. The third-order valence-electron chi connectivity index (χ3n) is 2.43. The molecule has 6 heteroatoms. The topological polar surface area (TPSA) is 65.2 Å². The third kappa shape index (κ3) is 2.37. The van der Waals surface area contributed by atoms with Crippen LogP contribution in [0.1, 0.15) is 17.3 Å². The number of pyridine rings is 1. The average molecular weight is 377 g/mol. The number of ether oxygens (including phenoxy) is 1. The van der Waals surface area contributed by atoms with Gasteiger partial charge in [-0.05, 0) is 41.6 Å². The minimum absolute atomic E-state index is 0.266. The summed E-state index contributed by atoms with van der Waals surface area (Å²) < 4.78 is 5.85. The van der Waals surface area contributed by atoms with E-state index in [1.54, 1.807) is 13.0 Å². The van der Waals surface area contributed by atoms with Crippen molar-refractivity contribution in [2.24, 2.45) is 0 Å². The molecule has 2 aromatic rings. The van der Waals surface area contributed by atoms with Crippen LogP contribution in [0.3, 0.4) is 0 Å². The normalized spacial score (nSPS) is 10.6. The summed E-state index contributed by atoms with van der Waals surface area (Å²) in [5.41, 5.74) is 7.18. The second-order valence-electron chi connectivity index (χ2n) is 3.59.